The van der Waals surface area contributed by atoms with Gasteiger partial charge in [-0.2, -0.15) is 13.9 Å². The number of halogens is 2. The van der Waals surface area contributed by atoms with Gasteiger partial charge in [0.1, 0.15) is 5.75 Å². The van der Waals surface area contributed by atoms with Gasteiger partial charge in [0.25, 0.3) is 0 Å². The number of nitrogens with zero attached hydrogens (tertiary/aromatic N) is 2. The van der Waals surface area contributed by atoms with E-state index < -0.39 is 6.61 Å². The highest BCUT2D eigenvalue weighted by atomic mass is 19.3. The molecule has 0 aliphatic rings. The van der Waals surface area contributed by atoms with Gasteiger partial charge in [-0.15, -0.1) is 0 Å². The summed E-state index contributed by atoms with van der Waals surface area (Å²) in [7, 11) is 0. The summed E-state index contributed by atoms with van der Waals surface area (Å²) in [5.41, 5.74) is 1.36. The van der Waals surface area contributed by atoms with Crippen molar-refractivity contribution < 1.29 is 13.5 Å². The van der Waals surface area contributed by atoms with Crippen molar-refractivity contribution in [1.82, 2.24) is 0 Å². The highest BCUT2D eigenvalue weighted by Gasteiger charge is 2.07. The fraction of sp³-hybridized carbons (Fsp3) is 0.182. The van der Waals surface area contributed by atoms with Crippen LogP contribution in [0.15, 0.2) is 41.6 Å². The molecule has 86 valence electrons. The molecule has 0 aliphatic carbocycles. The lowest BCUT2D eigenvalue weighted by Gasteiger charge is -2.18. The van der Waals surface area contributed by atoms with Crippen molar-refractivity contribution in [2.75, 3.05) is 5.01 Å². The second kappa shape index (κ2) is 5.25. The molecule has 5 heteroatoms. The molecule has 0 amide bonds. The van der Waals surface area contributed by atoms with Crippen LogP contribution in [-0.4, -0.2) is 13.3 Å². The molecule has 16 heavy (non-hydrogen) atoms. The molecule has 1 rings (SSSR count). The zero-order valence-electron chi connectivity index (χ0n) is 8.86. The molecule has 0 saturated heterocycles. The number of alkyl halides is 2. The Kier molecular flexibility index (Phi) is 3.99. The molecule has 0 heterocycles. The van der Waals surface area contributed by atoms with Crippen LogP contribution in [0.5, 0.6) is 5.75 Å². The van der Waals surface area contributed by atoms with Crippen LogP contribution in [0.1, 0.15) is 6.92 Å². The number of rotatable bonds is 5. The summed E-state index contributed by atoms with van der Waals surface area (Å²) < 4.78 is 28.0. The Hall–Kier alpha value is -1.91. The number of hydrazone groups is 1. The molecule has 0 spiro atoms. The molecule has 0 atom stereocenters. The van der Waals surface area contributed by atoms with Crippen LogP contribution in [0.2, 0.25) is 0 Å². The van der Waals surface area contributed by atoms with E-state index >= 15 is 0 Å². The van der Waals surface area contributed by atoms with E-state index in [9.17, 15) is 8.78 Å². The fourth-order valence-corrected chi connectivity index (χ4v) is 1.19. The Morgan fingerprint density at radius 2 is 1.94 bits per heavy atom. The first kappa shape index (κ1) is 12.2. The molecular formula is C11H12F2N2O. The first-order valence-electron chi connectivity index (χ1n) is 4.51. The molecule has 0 aromatic heterocycles. The first-order chi connectivity index (χ1) is 7.54. The van der Waals surface area contributed by atoms with Gasteiger partial charge in [0.2, 0.25) is 0 Å². The number of ether oxygens (including phenoxy) is 1. The minimum atomic E-state index is -2.82. The number of benzene rings is 1. The van der Waals surface area contributed by atoms with Crippen molar-refractivity contribution in [3.8, 4) is 5.75 Å². The summed E-state index contributed by atoms with van der Waals surface area (Å²) in [5, 5.41) is 5.24. The monoisotopic (exact) mass is 226 g/mol. The SMILES string of the molecule is C=NN(C(=C)C)c1ccc(OC(F)F)cc1. The first-order valence-corrected chi connectivity index (χ1v) is 4.51. The third-order valence-electron chi connectivity index (χ3n) is 1.81. The zero-order chi connectivity index (χ0) is 12.1. The normalized spacial score (nSPS) is 10.0. The van der Waals surface area contributed by atoms with Crippen molar-refractivity contribution >= 4 is 12.4 Å². The van der Waals surface area contributed by atoms with Crippen molar-refractivity contribution in [2.24, 2.45) is 5.10 Å². The lowest BCUT2D eigenvalue weighted by atomic mass is 10.3. The van der Waals surface area contributed by atoms with E-state index in [0.29, 0.717) is 11.4 Å². The smallest absolute Gasteiger partial charge is 0.387 e. The molecule has 0 N–H and O–H groups in total. The van der Waals surface area contributed by atoms with Gasteiger partial charge in [0.15, 0.2) is 0 Å². The van der Waals surface area contributed by atoms with E-state index in [0.717, 1.165) is 0 Å². The number of hydrogen-bond acceptors (Lipinski definition) is 3. The van der Waals surface area contributed by atoms with Gasteiger partial charge in [0.05, 0.1) is 5.69 Å². The fourth-order valence-electron chi connectivity index (χ4n) is 1.19. The van der Waals surface area contributed by atoms with Crippen LogP contribution < -0.4 is 9.75 Å². The predicted molar refractivity (Wildman–Crippen MR) is 59.9 cm³/mol. The summed E-state index contributed by atoms with van der Waals surface area (Å²) in [6, 6.07) is 6.06. The Bertz CT molecular complexity index is 376. The van der Waals surface area contributed by atoms with Crippen LogP contribution in [-0.2, 0) is 0 Å². The topological polar surface area (TPSA) is 24.8 Å². The number of hydrogen-bond donors (Lipinski definition) is 0. The summed E-state index contributed by atoms with van der Waals surface area (Å²) in [6.45, 7) is 6.05. The molecule has 3 nitrogen and oxygen atoms in total. The maximum Gasteiger partial charge on any atom is 0.387 e. The summed E-state index contributed by atoms with van der Waals surface area (Å²) in [6.07, 6.45) is 0. The van der Waals surface area contributed by atoms with Crippen LogP contribution in [0.3, 0.4) is 0 Å². The van der Waals surface area contributed by atoms with Gasteiger partial charge in [0, 0.05) is 12.4 Å². The van der Waals surface area contributed by atoms with Gasteiger partial charge in [-0.1, -0.05) is 6.58 Å². The quantitative estimate of drug-likeness (QED) is 0.568. The van der Waals surface area contributed by atoms with Crippen LogP contribution >= 0.6 is 0 Å². The second-order valence-electron chi connectivity index (χ2n) is 3.06. The number of anilines is 1. The van der Waals surface area contributed by atoms with E-state index in [2.05, 4.69) is 23.1 Å². The molecule has 0 bridgehead atoms. The minimum Gasteiger partial charge on any atom is -0.435 e. The van der Waals surface area contributed by atoms with Gasteiger partial charge < -0.3 is 4.74 Å². The van der Waals surface area contributed by atoms with Gasteiger partial charge in [-0.05, 0) is 31.2 Å². The minimum absolute atomic E-state index is 0.101. The van der Waals surface area contributed by atoms with E-state index in [-0.39, 0.29) is 5.75 Å². The molecular weight excluding hydrogens is 214 g/mol. The average Bonchev–Trinajstić information content (AvgIpc) is 2.20. The third kappa shape index (κ3) is 3.05. The van der Waals surface area contributed by atoms with Crippen LogP contribution in [0.25, 0.3) is 0 Å². The van der Waals surface area contributed by atoms with E-state index in [1.54, 1.807) is 19.1 Å². The Morgan fingerprint density at radius 1 is 1.38 bits per heavy atom. The zero-order valence-corrected chi connectivity index (χ0v) is 8.86. The van der Waals surface area contributed by atoms with E-state index in [1.807, 2.05) is 0 Å². The van der Waals surface area contributed by atoms with Gasteiger partial charge >= 0.3 is 6.61 Å². The molecule has 1 aromatic rings. The van der Waals surface area contributed by atoms with Crippen molar-refractivity contribution in [3.63, 3.8) is 0 Å². The Balaban J connectivity index is 2.85. The standard InChI is InChI=1S/C11H12F2N2O/c1-8(2)15(14-3)9-4-6-10(7-5-9)16-11(12)13/h4-7,11H,1,3H2,2H3. The molecule has 0 saturated carbocycles. The maximum atomic E-state index is 11.9. The highest BCUT2D eigenvalue weighted by molar-refractivity contribution is 5.53. The highest BCUT2D eigenvalue weighted by Crippen LogP contribution is 2.23. The molecule has 1 aromatic carbocycles. The van der Waals surface area contributed by atoms with E-state index in [1.165, 1.54) is 17.1 Å². The predicted octanol–water partition coefficient (Wildman–Crippen LogP) is 3.24. The molecule has 0 aliphatic heterocycles. The molecule has 0 radical (unpaired) electrons. The van der Waals surface area contributed by atoms with Crippen molar-refractivity contribution in [1.29, 1.82) is 0 Å². The average molecular weight is 226 g/mol. The summed E-state index contributed by atoms with van der Waals surface area (Å²) in [4.78, 5) is 0. The largest absolute Gasteiger partial charge is 0.435 e. The van der Waals surface area contributed by atoms with Gasteiger partial charge in [-0.3, -0.25) is 0 Å². The second-order valence-corrected chi connectivity index (χ2v) is 3.06. The lowest BCUT2D eigenvalue weighted by Crippen LogP contribution is -2.11. The molecule has 0 unspecified atom stereocenters. The molecule has 0 fully saturated rings. The number of allylic oxidation sites excluding steroid dienone is 1. The summed E-state index contributed by atoms with van der Waals surface area (Å²) >= 11 is 0. The van der Waals surface area contributed by atoms with Crippen molar-refractivity contribution in [3.05, 3.63) is 36.5 Å². The van der Waals surface area contributed by atoms with Crippen LogP contribution in [0, 0.1) is 0 Å². The summed E-state index contributed by atoms with van der Waals surface area (Å²) in [5.74, 6) is 0.101. The van der Waals surface area contributed by atoms with Crippen molar-refractivity contribution in [2.45, 2.75) is 13.5 Å². The van der Waals surface area contributed by atoms with E-state index in [4.69, 9.17) is 0 Å². The lowest BCUT2D eigenvalue weighted by molar-refractivity contribution is -0.0498. The van der Waals surface area contributed by atoms with Gasteiger partial charge in [-0.25, -0.2) is 5.01 Å². The Labute approximate surface area is 92.6 Å². The third-order valence-corrected chi connectivity index (χ3v) is 1.81. The Morgan fingerprint density at radius 3 is 2.31 bits per heavy atom. The van der Waals surface area contributed by atoms with Crippen LogP contribution in [0.4, 0.5) is 14.5 Å². The maximum absolute atomic E-state index is 11.9.